The molecule has 1 unspecified atom stereocenters. The summed E-state index contributed by atoms with van der Waals surface area (Å²) in [5, 5.41) is 24.6. The fourth-order valence-electron chi connectivity index (χ4n) is 1.65. The van der Waals surface area contributed by atoms with Gasteiger partial charge in [-0.05, 0) is 27.2 Å². The Morgan fingerprint density at radius 3 is 2.41 bits per heavy atom. The second-order valence-electron chi connectivity index (χ2n) is 4.75. The minimum absolute atomic E-state index is 0.309. The van der Waals surface area contributed by atoms with Gasteiger partial charge in [-0.25, -0.2) is 0 Å². The second kappa shape index (κ2) is 5.38. The first kappa shape index (κ1) is 14.5. The van der Waals surface area contributed by atoms with Crippen molar-refractivity contribution in [3.8, 4) is 0 Å². The molecule has 0 spiro atoms. The first-order valence-electron chi connectivity index (χ1n) is 5.95. The van der Waals surface area contributed by atoms with Crippen LogP contribution in [0.1, 0.15) is 39.1 Å². The minimum Gasteiger partial charge on any atom is -0.390 e. The van der Waals surface area contributed by atoms with E-state index in [1.54, 1.807) is 18.5 Å². The maximum atomic E-state index is 9.92. The van der Waals surface area contributed by atoms with Gasteiger partial charge in [0.2, 0.25) is 0 Å². The Hall–Kier alpha value is -0.580. The molecule has 17 heavy (non-hydrogen) atoms. The smallest absolute Gasteiger partial charge is 0.0877 e. The average Bonchev–Trinajstić information content (AvgIpc) is 2.54. The lowest BCUT2D eigenvalue weighted by atomic mass is 9.97. The Labute approximate surface area is 107 Å². The standard InChI is InChI=1S/C12H21ClN2O2/c1-5-8-11(13)9(15(6-2)14-8)7-10(16)12(3,4)17/h10,16-17H,5-7H2,1-4H3. The molecule has 5 heteroatoms. The van der Waals surface area contributed by atoms with Crippen molar-refractivity contribution in [3.05, 3.63) is 16.4 Å². The molecular formula is C12H21ClN2O2. The molecule has 1 heterocycles. The van der Waals surface area contributed by atoms with Crippen LogP contribution in [0.4, 0.5) is 0 Å². The van der Waals surface area contributed by atoms with Gasteiger partial charge in [0.05, 0.1) is 28.1 Å². The van der Waals surface area contributed by atoms with Crippen LogP contribution in [-0.4, -0.2) is 31.7 Å². The number of hydrogen-bond acceptors (Lipinski definition) is 3. The summed E-state index contributed by atoms with van der Waals surface area (Å²) in [5.41, 5.74) is 0.491. The first-order chi connectivity index (χ1) is 7.81. The molecule has 0 aromatic carbocycles. The zero-order valence-electron chi connectivity index (χ0n) is 10.9. The summed E-state index contributed by atoms with van der Waals surface area (Å²) < 4.78 is 1.79. The van der Waals surface area contributed by atoms with Gasteiger partial charge in [-0.1, -0.05) is 18.5 Å². The number of aromatic nitrogens is 2. The van der Waals surface area contributed by atoms with Crippen molar-refractivity contribution in [1.82, 2.24) is 9.78 Å². The molecule has 0 fully saturated rings. The van der Waals surface area contributed by atoms with E-state index in [-0.39, 0.29) is 0 Å². The summed E-state index contributed by atoms with van der Waals surface area (Å²) in [4.78, 5) is 0. The van der Waals surface area contributed by atoms with E-state index >= 15 is 0 Å². The van der Waals surface area contributed by atoms with Gasteiger partial charge in [-0.2, -0.15) is 5.10 Å². The van der Waals surface area contributed by atoms with Gasteiger partial charge in [0.25, 0.3) is 0 Å². The van der Waals surface area contributed by atoms with E-state index in [0.29, 0.717) is 18.0 Å². The molecule has 0 aliphatic rings. The number of aliphatic hydroxyl groups is 2. The Balaban J connectivity index is 3.01. The summed E-state index contributed by atoms with van der Waals surface area (Å²) in [6.07, 6.45) is 0.215. The number of hydrogen-bond donors (Lipinski definition) is 2. The van der Waals surface area contributed by atoms with Crippen molar-refractivity contribution in [3.63, 3.8) is 0 Å². The first-order valence-corrected chi connectivity index (χ1v) is 6.33. The number of nitrogens with zero attached hydrogens (tertiary/aromatic N) is 2. The minimum atomic E-state index is -1.14. The maximum Gasteiger partial charge on any atom is 0.0877 e. The number of aliphatic hydroxyl groups excluding tert-OH is 1. The average molecular weight is 261 g/mol. The van der Waals surface area contributed by atoms with E-state index in [2.05, 4.69) is 5.10 Å². The Bertz CT molecular complexity index is 383. The van der Waals surface area contributed by atoms with Crippen molar-refractivity contribution in [2.75, 3.05) is 0 Å². The van der Waals surface area contributed by atoms with E-state index < -0.39 is 11.7 Å². The third-order valence-corrected chi connectivity index (χ3v) is 3.33. The zero-order valence-corrected chi connectivity index (χ0v) is 11.6. The molecule has 1 rings (SSSR count). The Morgan fingerprint density at radius 2 is 2.00 bits per heavy atom. The van der Waals surface area contributed by atoms with Crippen LogP contribution in [0.15, 0.2) is 0 Å². The van der Waals surface area contributed by atoms with Gasteiger partial charge in [-0.3, -0.25) is 4.68 Å². The van der Waals surface area contributed by atoms with Gasteiger partial charge in [0, 0.05) is 13.0 Å². The van der Waals surface area contributed by atoms with Crippen molar-refractivity contribution < 1.29 is 10.2 Å². The highest BCUT2D eigenvalue weighted by molar-refractivity contribution is 6.31. The lowest BCUT2D eigenvalue weighted by Gasteiger charge is -2.24. The molecule has 0 amide bonds. The number of rotatable bonds is 5. The van der Waals surface area contributed by atoms with E-state index in [9.17, 15) is 10.2 Å². The summed E-state index contributed by atoms with van der Waals surface area (Å²) in [7, 11) is 0. The van der Waals surface area contributed by atoms with Gasteiger partial charge in [0.1, 0.15) is 0 Å². The predicted octanol–water partition coefficient (Wildman–Crippen LogP) is 1.79. The summed E-state index contributed by atoms with van der Waals surface area (Å²) in [5.74, 6) is 0. The third kappa shape index (κ3) is 3.21. The van der Waals surface area contributed by atoms with Crippen LogP contribution >= 0.6 is 11.6 Å². The third-order valence-electron chi connectivity index (χ3n) is 2.90. The highest BCUT2D eigenvalue weighted by Gasteiger charge is 2.27. The quantitative estimate of drug-likeness (QED) is 0.849. The molecule has 0 aliphatic carbocycles. The molecular weight excluding hydrogens is 240 g/mol. The van der Waals surface area contributed by atoms with Crippen molar-refractivity contribution >= 4 is 11.6 Å². The van der Waals surface area contributed by atoms with Gasteiger partial charge in [-0.15, -0.1) is 0 Å². The molecule has 0 aliphatic heterocycles. The van der Waals surface area contributed by atoms with Crippen LogP contribution in [0.2, 0.25) is 5.02 Å². The lowest BCUT2D eigenvalue weighted by molar-refractivity contribution is -0.0477. The predicted molar refractivity (Wildman–Crippen MR) is 68.3 cm³/mol. The van der Waals surface area contributed by atoms with Crippen molar-refractivity contribution in [1.29, 1.82) is 0 Å². The topological polar surface area (TPSA) is 58.3 Å². The van der Waals surface area contributed by atoms with Crippen LogP contribution in [-0.2, 0) is 19.4 Å². The monoisotopic (exact) mass is 260 g/mol. The summed E-state index contributed by atoms with van der Waals surface area (Å²) >= 11 is 6.23. The summed E-state index contributed by atoms with van der Waals surface area (Å²) in [6.45, 7) is 7.83. The molecule has 0 saturated heterocycles. The molecule has 4 nitrogen and oxygen atoms in total. The summed E-state index contributed by atoms with van der Waals surface area (Å²) in [6, 6.07) is 0. The van der Waals surface area contributed by atoms with E-state index in [1.807, 2.05) is 13.8 Å². The molecule has 2 N–H and O–H groups in total. The largest absolute Gasteiger partial charge is 0.390 e. The van der Waals surface area contributed by atoms with Crippen LogP contribution in [0, 0.1) is 0 Å². The molecule has 98 valence electrons. The Kier molecular flexibility index (Phi) is 4.58. The highest BCUT2D eigenvalue weighted by atomic mass is 35.5. The fourth-order valence-corrected chi connectivity index (χ4v) is 1.99. The van der Waals surface area contributed by atoms with E-state index in [0.717, 1.165) is 17.8 Å². The maximum absolute atomic E-state index is 9.92. The van der Waals surface area contributed by atoms with E-state index in [1.165, 1.54) is 0 Å². The van der Waals surface area contributed by atoms with Gasteiger partial charge in [0.15, 0.2) is 0 Å². The van der Waals surface area contributed by atoms with Gasteiger partial charge >= 0.3 is 0 Å². The number of aryl methyl sites for hydroxylation is 2. The molecule has 1 atom stereocenters. The van der Waals surface area contributed by atoms with Gasteiger partial charge < -0.3 is 10.2 Å². The highest BCUT2D eigenvalue weighted by Crippen LogP contribution is 2.25. The number of halogens is 1. The molecule has 0 bridgehead atoms. The van der Waals surface area contributed by atoms with Crippen LogP contribution in [0.5, 0.6) is 0 Å². The lowest BCUT2D eigenvalue weighted by Crippen LogP contribution is -2.38. The normalized spacial score (nSPS) is 14.1. The molecule has 1 aromatic rings. The van der Waals surface area contributed by atoms with Crippen molar-refractivity contribution in [2.45, 2.75) is 58.8 Å². The molecule has 0 saturated carbocycles. The SMILES string of the molecule is CCc1nn(CC)c(CC(O)C(C)(C)O)c1Cl. The van der Waals surface area contributed by atoms with E-state index in [4.69, 9.17) is 11.6 Å². The molecule has 0 radical (unpaired) electrons. The molecule has 1 aromatic heterocycles. The second-order valence-corrected chi connectivity index (χ2v) is 5.13. The van der Waals surface area contributed by atoms with Crippen molar-refractivity contribution in [2.24, 2.45) is 0 Å². The zero-order chi connectivity index (χ0) is 13.2. The van der Waals surface area contributed by atoms with Crippen LogP contribution in [0.3, 0.4) is 0 Å². The van der Waals surface area contributed by atoms with Crippen LogP contribution < -0.4 is 0 Å². The fraction of sp³-hybridized carbons (Fsp3) is 0.750. The Morgan fingerprint density at radius 1 is 1.41 bits per heavy atom. The van der Waals surface area contributed by atoms with Crippen LogP contribution in [0.25, 0.3) is 0 Å².